The van der Waals surface area contributed by atoms with Crippen LogP contribution in [0.5, 0.6) is 11.5 Å². The second-order valence-corrected chi connectivity index (χ2v) is 12.4. The van der Waals surface area contributed by atoms with Crippen molar-refractivity contribution < 1.29 is 33.6 Å². The molecule has 0 bridgehead atoms. The SMILES string of the molecule is CC(O)c1cc(Cl)cc(NC(=S)NC2CCCCC2)c1O.CC(O)c1cc(Cl)cc(NC(=S)Nc2ccc(C(F)(F)F)cc2)c1O. The van der Waals surface area contributed by atoms with E-state index in [0.29, 0.717) is 33.1 Å². The smallest absolute Gasteiger partial charge is 0.416 e. The number of hydrogen-bond donors (Lipinski definition) is 8. The van der Waals surface area contributed by atoms with Gasteiger partial charge in [0.15, 0.2) is 10.2 Å². The van der Waals surface area contributed by atoms with Gasteiger partial charge in [-0.2, -0.15) is 13.2 Å². The number of rotatable bonds is 6. The van der Waals surface area contributed by atoms with E-state index in [2.05, 4.69) is 21.3 Å². The van der Waals surface area contributed by atoms with Crippen molar-refractivity contribution in [3.8, 4) is 11.5 Å². The Morgan fingerprint density at radius 1 is 0.761 bits per heavy atom. The average molecular weight is 720 g/mol. The van der Waals surface area contributed by atoms with Gasteiger partial charge in [-0.05, 0) is 99.7 Å². The number of thiocarbonyl (C=S) groups is 2. The Labute approximate surface area is 285 Å². The maximum atomic E-state index is 12.5. The number of halogens is 5. The van der Waals surface area contributed by atoms with Gasteiger partial charge in [0.25, 0.3) is 0 Å². The molecule has 1 aliphatic carbocycles. The van der Waals surface area contributed by atoms with Crippen molar-refractivity contribution in [1.29, 1.82) is 0 Å². The molecular weight excluding hydrogens is 684 g/mol. The normalized spacial score (nSPS) is 14.7. The minimum Gasteiger partial charge on any atom is -0.505 e. The fraction of sp³-hybridized carbons (Fsp3) is 0.355. The van der Waals surface area contributed by atoms with Crippen molar-refractivity contribution in [3.63, 3.8) is 0 Å². The molecule has 2 atom stereocenters. The van der Waals surface area contributed by atoms with Crippen LogP contribution >= 0.6 is 47.6 Å². The number of hydrogen-bond acceptors (Lipinski definition) is 6. The fourth-order valence-corrected chi connectivity index (χ4v) is 5.64. The Morgan fingerprint density at radius 2 is 1.22 bits per heavy atom. The van der Waals surface area contributed by atoms with E-state index in [1.54, 1.807) is 19.1 Å². The molecule has 8 nitrogen and oxygen atoms in total. The van der Waals surface area contributed by atoms with Crippen molar-refractivity contribution in [2.24, 2.45) is 0 Å². The summed E-state index contributed by atoms with van der Waals surface area (Å²) in [5.74, 6) is -0.252. The van der Waals surface area contributed by atoms with Gasteiger partial charge in [-0.15, -0.1) is 0 Å². The van der Waals surface area contributed by atoms with E-state index in [-0.39, 0.29) is 32.9 Å². The zero-order valence-electron chi connectivity index (χ0n) is 24.9. The van der Waals surface area contributed by atoms with E-state index in [0.717, 1.165) is 25.0 Å². The lowest BCUT2D eigenvalue weighted by atomic mass is 9.96. The number of aromatic hydroxyl groups is 2. The third-order valence-corrected chi connectivity index (χ3v) is 7.88. The van der Waals surface area contributed by atoms with Gasteiger partial charge in [-0.25, -0.2) is 0 Å². The van der Waals surface area contributed by atoms with E-state index in [9.17, 15) is 33.6 Å². The van der Waals surface area contributed by atoms with Crippen molar-refractivity contribution >= 4 is 74.9 Å². The van der Waals surface area contributed by atoms with Crippen LogP contribution in [0.4, 0.5) is 30.2 Å². The molecule has 0 heterocycles. The number of phenolic OH excluding ortho intramolecular Hbond substituents is 2. The molecule has 3 aromatic rings. The van der Waals surface area contributed by atoms with E-state index >= 15 is 0 Å². The molecular formula is C31H35Cl2F3N4O4S2. The molecule has 3 aromatic carbocycles. The summed E-state index contributed by atoms with van der Waals surface area (Å²) in [5.41, 5.74) is 0.728. The zero-order valence-corrected chi connectivity index (χ0v) is 28.0. The molecule has 4 rings (SSSR count). The van der Waals surface area contributed by atoms with Gasteiger partial charge in [0.1, 0.15) is 11.5 Å². The molecule has 1 saturated carbocycles. The molecule has 0 aliphatic heterocycles. The van der Waals surface area contributed by atoms with E-state index in [1.807, 2.05) is 0 Å². The van der Waals surface area contributed by atoms with E-state index < -0.39 is 23.9 Å². The molecule has 8 N–H and O–H groups in total. The van der Waals surface area contributed by atoms with Gasteiger partial charge in [0, 0.05) is 32.9 Å². The summed E-state index contributed by atoms with van der Waals surface area (Å²) in [4.78, 5) is 0. The first-order chi connectivity index (χ1) is 21.5. The van der Waals surface area contributed by atoms with Crippen molar-refractivity contribution in [2.75, 3.05) is 16.0 Å². The molecule has 1 aliphatic rings. The topological polar surface area (TPSA) is 129 Å². The maximum absolute atomic E-state index is 12.5. The quantitative estimate of drug-likeness (QED) is 0.0926. The van der Waals surface area contributed by atoms with E-state index in [4.69, 9.17) is 47.6 Å². The summed E-state index contributed by atoms with van der Waals surface area (Å²) in [7, 11) is 0. The summed E-state index contributed by atoms with van der Waals surface area (Å²) >= 11 is 22.3. The van der Waals surface area contributed by atoms with Crippen molar-refractivity contribution in [1.82, 2.24) is 5.32 Å². The third kappa shape index (κ3) is 11.0. The first kappa shape index (κ1) is 37.4. The van der Waals surface area contributed by atoms with Gasteiger partial charge in [0.2, 0.25) is 0 Å². The third-order valence-electron chi connectivity index (χ3n) is 7.02. The minimum absolute atomic E-state index is 0.0257. The second-order valence-electron chi connectivity index (χ2n) is 10.7. The van der Waals surface area contributed by atoms with Gasteiger partial charge < -0.3 is 41.7 Å². The highest BCUT2D eigenvalue weighted by Gasteiger charge is 2.30. The van der Waals surface area contributed by atoms with Gasteiger partial charge in [-0.3, -0.25) is 0 Å². The van der Waals surface area contributed by atoms with Gasteiger partial charge in [-0.1, -0.05) is 42.5 Å². The molecule has 46 heavy (non-hydrogen) atoms. The highest BCUT2D eigenvalue weighted by Crippen LogP contribution is 2.37. The van der Waals surface area contributed by atoms with Crippen LogP contribution in [-0.4, -0.2) is 36.7 Å². The summed E-state index contributed by atoms with van der Waals surface area (Å²) in [6.07, 6.45) is -0.222. The van der Waals surface area contributed by atoms with Crippen LogP contribution in [-0.2, 0) is 6.18 Å². The molecule has 1 fully saturated rings. The molecule has 0 amide bonds. The Kier molecular flexibility index (Phi) is 13.5. The fourth-order valence-electron chi connectivity index (χ4n) is 4.69. The zero-order chi connectivity index (χ0) is 34.2. The predicted molar refractivity (Wildman–Crippen MR) is 185 cm³/mol. The van der Waals surface area contributed by atoms with Crippen LogP contribution in [0.1, 0.15) is 74.8 Å². The minimum atomic E-state index is -4.42. The number of alkyl halides is 3. The Hall–Kier alpha value is -3.07. The molecule has 0 spiro atoms. The molecule has 2 unspecified atom stereocenters. The number of aliphatic hydroxyl groups excluding tert-OH is 2. The molecule has 0 aromatic heterocycles. The second kappa shape index (κ2) is 16.7. The lowest BCUT2D eigenvalue weighted by molar-refractivity contribution is -0.137. The van der Waals surface area contributed by atoms with Crippen molar-refractivity contribution in [2.45, 2.75) is 70.4 Å². The highest BCUT2D eigenvalue weighted by atomic mass is 35.5. The van der Waals surface area contributed by atoms with Crippen LogP contribution in [0.25, 0.3) is 0 Å². The number of nitrogens with one attached hydrogen (secondary N) is 4. The highest BCUT2D eigenvalue weighted by molar-refractivity contribution is 7.80. The Balaban J connectivity index is 0.000000254. The van der Waals surface area contributed by atoms with Crippen LogP contribution in [0.3, 0.4) is 0 Å². The largest absolute Gasteiger partial charge is 0.505 e. The lowest BCUT2D eigenvalue weighted by Crippen LogP contribution is -2.38. The lowest BCUT2D eigenvalue weighted by Gasteiger charge is -2.24. The average Bonchev–Trinajstić information content (AvgIpc) is 2.97. The summed E-state index contributed by atoms with van der Waals surface area (Å²) in [5, 5.41) is 52.4. The molecule has 0 radical (unpaired) electrons. The molecule has 15 heteroatoms. The first-order valence-corrected chi connectivity index (χ1v) is 15.9. The standard InChI is InChI=1S/C16H14ClF3N2O2S.C15H21ClN2O2S/c1-8(23)12-6-10(17)7-13(14(12)24)22-15(25)21-11-4-2-9(3-5-11)16(18,19)20;1-9(19)12-7-10(16)8-13(14(12)20)18-15(21)17-11-5-3-2-4-6-11/h2-8,23-24H,1H3,(H2,21,22,25);7-9,11,19-20H,2-6H2,1H3,(H2,17,18,21). The van der Waals surface area contributed by atoms with Gasteiger partial charge >= 0.3 is 6.18 Å². The number of aliphatic hydroxyl groups is 2. The maximum Gasteiger partial charge on any atom is 0.416 e. The number of anilines is 3. The van der Waals surface area contributed by atoms with Crippen molar-refractivity contribution in [3.05, 3.63) is 75.3 Å². The van der Waals surface area contributed by atoms with Crippen LogP contribution in [0, 0.1) is 0 Å². The predicted octanol–water partition coefficient (Wildman–Crippen LogP) is 8.64. The number of benzene rings is 3. The Morgan fingerprint density at radius 3 is 1.65 bits per heavy atom. The van der Waals surface area contributed by atoms with Crippen LogP contribution in [0.15, 0.2) is 48.5 Å². The number of phenols is 2. The summed E-state index contributed by atoms with van der Waals surface area (Å²) < 4.78 is 37.6. The first-order valence-electron chi connectivity index (χ1n) is 14.3. The summed E-state index contributed by atoms with van der Waals surface area (Å²) in [6.45, 7) is 3.04. The van der Waals surface area contributed by atoms with Gasteiger partial charge in [0.05, 0.1) is 29.1 Å². The van der Waals surface area contributed by atoms with E-state index in [1.165, 1.54) is 50.5 Å². The Bertz CT molecular complexity index is 1520. The molecule has 0 saturated heterocycles. The van der Waals surface area contributed by atoms with Crippen LogP contribution < -0.4 is 21.3 Å². The van der Waals surface area contributed by atoms with Crippen LogP contribution in [0.2, 0.25) is 10.0 Å². The summed E-state index contributed by atoms with van der Waals surface area (Å²) in [6, 6.07) is 10.7. The molecule has 250 valence electrons. The monoisotopic (exact) mass is 718 g/mol.